The Morgan fingerprint density at radius 1 is 1.29 bits per heavy atom. The van der Waals surface area contributed by atoms with Crippen LogP contribution in [0.3, 0.4) is 0 Å². The summed E-state index contributed by atoms with van der Waals surface area (Å²) in [6.45, 7) is 4.13. The summed E-state index contributed by atoms with van der Waals surface area (Å²) in [4.78, 5) is 0. The molecule has 0 radical (unpaired) electrons. The predicted octanol–water partition coefficient (Wildman–Crippen LogP) is 4.48. The molecule has 2 rings (SSSR count). The maximum absolute atomic E-state index is 13.0. The van der Waals surface area contributed by atoms with Gasteiger partial charge in [-0.2, -0.15) is 0 Å². The highest BCUT2D eigenvalue weighted by Gasteiger charge is 2.25. The number of ether oxygens (including phenoxy) is 1. The lowest BCUT2D eigenvalue weighted by atomic mass is 9.84. The minimum absolute atomic E-state index is 0.189. The molecule has 1 saturated carbocycles. The zero-order valence-electron chi connectivity index (χ0n) is 10.7. The standard InChI is InChI=1S/C15H21FO/c1-3-12-6-4-5-7-15(12)17-14-9-8-13(16)10-11(14)2/h8-10,12,15H,3-7H2,1-2H3. The second kappa shape index (κ2) is 5.52. The Morgan fingerprint density at radius 2 is 2.06 bits per heavy atom. The van der Waals surface area contributed by atoms with Gasteiger partial charge in [0.15, 0.2) is 0 Å². The van der Waals surface area contributed by atoms with Crippen molar-refractivity contribution in [1.29, 1.82) is 0 Å². The number of rotatable bonds is 3. The fraction of sp³-hybridized carbons (Fsp3) is 0.600. The number of halogens is 1. The monoisotopic (exact) mass is 236 g/mol. The van der Waals surface area contributed by atoms with Crippen LogP contribution in [0.15, 0.2) is 18.2 Å². The lowest BCUT2D eigenvalue weighted by molar-refractivity contribution is 0.0896. The Balaban J connectivity index is 2.08. The first-order chi connectivity index (χ1) is 8.20. The SMILES string of the molecule is CCC1CCCCC1Oc1ccc(F)cc1C. The predicted molar refractivity (Wildman–Crippen MR) is 67.8 cm³/mol. The maximum atomic E-state index is 13.0. The van der Waals surface area contributed by atoms with Crippen LogP contribution in [0, 0.1) is 18.7 Å². The first-order valence-corrected chi connectivity index (χ1v) is 6.63. The van der Waals surface area contributed by atoms with Gasteiger partial charge in [0.2, 0.25) is 0 Å². The van der Waals surface area contributed by atoms with Gasteiger partial charge in [-0.15, -0.1) is 0 Å². The molecule has 0 aromatic heterocycles. The van der Waals surface area contributed by atoms with Crippen molar-refractivity contribution in [3.05, 3.63) is 29.6 Å². The lowest BCUT2D eigenvalue weighted by Crippen LogP contribution is -2.30. The smallest absolute Gasteiger partial charge is 0.123 e. The van der Waals surface area contributed by atoms with Crippen molar-refractivity contribution >= 4 is 0 Å². The van der Waals surface area contributed by atoms with Gasteiger partial charge in [-0.05, 0) is 62.3 Å². The Labute approximate surface area is 103 Å². The second-order valence-corrected chi connectivity index (χ2v) is 5.02. The molecule has 2 unspecified atom stereocenters. The summed E-state index contributed by atoms with van der Waals surface area (Å²) in [7, 11) is 0. The van der Waals surface area contributed by atoms with Crippen LogP contribution < -0.4 is 4.74 Å². The van der Waals surface area contributed by atoms with Crippen LogP contribution in [0.1, 0.15) is 44.6 Å². The van der Waals surface area contributed by atoms with E-state index < -0.39 is 0 Å². The summed E-state index contributed by atoms with van der Waals surface area (Å²) in [5.41, 5.74) is 0.894. The van der Waals surface area contributed by atoms with E-state index in [0.717, 1.165) is 17.7 Å². The van der Waals surface area contributed by atoms with Crippen LogP contribution in [0.4, 0.5) is 4.39 Å². The van der Waals surface area contributed by atoms with Gasteiger partial charge < -0.3 is 4.74 Å². The van der Waals surface area contributed by atoms with Gasteiger partial charge in [-0.3, -0.25) is 0 Å². The van der Waals surface area contributed by atoms with E-state index in [-0.39, 0.29) is 5.82 Å². The molecule has 0 amide bonds. The van der Waals surface area contributed by atoms with E-state index in [1.54, 1.807) is 12.1 Å². The van der Waals surface area contributed by atoms with Gasteiger partial charge in [0, 0.05) is 0 Å². The Kier molecular flexibility index (Phi) is 4.03. The van der Waals surface area contributed by atoms with E-state index in [1.807, 2.05) is 6.92 Å². The van der Waals surface area contributed by atoms with Crippen molar-refractivity contribution in [1.82, 2.24) is 0 Å². The maximum Gasteiger partial charge on any atom is 0.123 e. The number of hydrogen-bond donors (Lipinski definition) is 0. The Hall–Kier alpha value is -1.05. The summed E-state index contributed by atoms with van der Waals surface area (Å²) in [6, 6.07) is 4.78. The average molecular weight is 236 g/mol. The molecule has 1 fully saturated rings. The van der Waals surface area contributed by atoms with E-state index in [1.165, 1.54) is 31.7 Å². The molecule has 1 aliphatic rings. The third-order valence-corrected chi connectivity index (χ3v) is 3.78. The Morgan fingerprint density at radius 3 is 2.76 bits per heavy atom. The zero-order valence-corrected chi connectivity index (χ0v) is 10.7. The molecule has 0 heterocycles. The molecule has 0 bridgehead atoms. The molecule has 0 spiro atoms. The first-order valence-electron chi connectivity index (χ1n) is 6.63. The van der Waals surface area contributed by atoms with E-state index in [2.05, 4.69) is 6.92 Å². The highest BCUT2D eigenvalue weighted by Crippen LogP contribution is 2.31. The molecule has 1 aliphatic carbocycles. The zero-order chi connectivity index (χ0) is 12.3. The summed E-state index contributed by atoms with van der Waals surface area (Å²) < 4.78 is 19.1. The van der Waals surface area contributed by atoms with Crippen molar-refractivity contribution in [2.75, 3.05) is 0 Å². The molecule has 1 nitrogen and oxygen atoms in total. The van der Waals surface area contributed by atoms with Gasteiger partial charge >= 0.3 is 0 Å². The first kappa shape index (κ1) is 12.4. The normalized spacial score (nSPS) is 24.6. The van der Waals surface area contributed by atoms with Crippen LogP contribution in [-0.4, -0.2) is 6.10 Å². The summed E-state index contributed by atoms with van der Waals surface area (Å²) >= 11 is 0. The van der Waals surface area contributed by atoms with Crippen molar-refractivity contribution in [3.63, 3.8) is 0 Å². The van der Waals surface area contributed by atoms with E-state index in [4.69, 9.17) is 4.74 Å². The van der Waals surface area contributed by atoms with E-state index >= 15 is 0 Å². The van der Waals surface area contributed by atoms with Crippen LogP contribution >= 0.6 is 0 Å². The van der Waals surface area contributed by atoms with Gasteiger partial charge in [-0.25, -0.2) is 4.39 Å². The summed E-state index contributed by atoms with van der Waals surface area (Å²) in [5, 5.41) is 0. The molecule has 1 aromatic rings. The third kappa shape index (κ3) is 2.99. The van der Waals surface area contributed by atoms with Gasteiger partial charge in [0.1, 0.15) is 17.7 Å². The molecular formula is C15H21FO. The van der Waals surface area contributed by atoms with Crippen LogP contribution in [-0.2, 0) is 0 Å². The second-order valence-electron chi connectivity index (χ2n) is 5.02. The van der Waals surface area contributed by atoms with Gasteiger partial charge in [0.05, 0.1) is 0 Å². The fourth-order valence-corrected chi connectivity index (χ4v) is 2.70. The molecule has 1 aromatic carbocycles. The topological polar surface area (TPSA) is 9.23 Å². The van der Waals surface area contributed by atoms with Crippen LogP contribution in [0.2, 0.25) is 0 Å². The number of aryl methyl sites for hydroxylation is 1. The summed E-state index contributed by atoms with van der Waals surface area (Å²) in [5.74, 6) is 1.32. The van der Waals surface area contributed by atoms with Gasteiger partial charge in [-0.1, -0.05) is 13.3 Å². The molecule has 94 valence electrons. The molecule has 0 N–H and O–H groups in total. The third-order valence-electron chi connectivity index (χ3n) is 3.78. The van der Waals surface area contributed by atoms with Crippen molar-refractivity contribution in [3.8, 4) is 5.75 Å². The molecule has 2 atom stereocenters. The summed E-state index contributed by atoms with van der Waals surface area (Å²) in [6.07, 6.45) is 6.46. The molecule has 17 heavy (non-hydrogen) atoms. The number of hydrogen-bond acceptors (Lipinski definition) is 1. The largest absolute Gasteiger partial charge is 0.490 e. The minimum atomic E-state index is -0.189. The molecule has 2 heteroatoms. The van der Waals surface area contributed by atoms with E-state index in [9.17, 15) is 4.39 Å². The average Bonchev–Trinajstić information content (AvgIpc) is 2.33. The minimum Gasteiger partial charge on any atom is -0.490 e. The fourth-order valence-electron chi connectivity index (χ4n) is 2.70. The highest BCUT2D eigenvalue weighted by atomic mass is 19.1. The molecule has 0 saturated heterocycles. The van der Waals surface area contributed by atoms with Crippen molar-refractivity contribution in [2.24, 2.45) is 5.92 Å². The lowest BCUT2D eigenvalue weighted by Gasteiger charge is -2.31. The Bertz CT molecular complexity index is 375. The molecular weight excluding hydrogens is 215 g/mol. The van der Waals surface area contributed by atoms with E-state index in [0.29, 0.717) is 12.0 Å². The van der Waals surface area contributed by atoms with Crippen LogP contribution in [0.5, 0.6) is 5.75 Å². The van der Waals surface area contributed by atoms with Crippen molar-refractivity contribution < 1.29 is 9.13 Å². The van der Waals surface area contributed by atoms with Gasteiger partial charge in [0.25, 0.3) is 0 Å². The van der Waals surface area contributed by atoms with Crippen molar-refractivity contribution in [2.45, 2.75) is 52.1 Å². The number of benzene rings is 1. The highest BCUT2D eigenvalue weighted by molar-refractivity contribution is 5.32. The molecule has 0 aliphatic heterocycles. The van der Waals surface area contributed by atoms with Crippen LogP contribution in [0.25, 0.3) is 0 Å². The quantitative estimate of drug-likeness (QED) is 0.751.